The van der Waals surface area contributed by atoms with Crippen LogP contribution in [0.2, 0.25) is 0 Å². The van der Waals surface area contributed by atoms with Crippen molar-refractivity contribution in [1.82, 2.24) is 0 Å². The average molecular weight is 274 g/mol. The number of hydrogen-bond donors (Lipinski definition) is 3. The van der Waals surface area contributed by atoms with E-state index in [9.17, 15) is 15.0 Å². The molecule has 4 atom stereocenters. The molecule has 1 aliphatic heterocycles. The summed E-state index contributed by atoms with van der Waals surface area (Å²) >= 11 is 0. The highest BCUT2D eigenvalue weighted by Crippen LogP contribution is 2.28. The van der Waals surface area contributed by atoms with Crippen molar-refractivity contribution >= 4 is 5.97 Å². The van der Waals surface area contributed by atoms with Crippen molar-refractivity contribution in [3.8, 4) is 0 Å². The van der Waals surface area contributed by atoms with E-state index < -0.39 is 18.2 Å². The lowest BCUT2D eigenvalue weighted by atomic mass is 10.0. The third-order valence-electron chi connectivity index (χ3n) is 3.66. The molecule has 1 rings (SSSR count). The fourth-order valence-corrected chi connectivity index (χ4v) is 2.51. The summed E-state index contributed by atoms with van der Waals surface area (Å²) in [6, 6.07) is 0. The maximum absolute atomic E-state index is 10.4. The zero-order valence-corrected chi connectivity index (χ0v) is 11.6. The minimum Gasteiger partial charge on any atom is -0.481 e. The number of aliphatic carboxylic acids is 1. The Hall–Kier alpha value is -0.650. The minimum absolute atomic E-state index is 0.0936. The van der Waals surface area contributed by atoms with Gasteiger partial charge in [0, 0.05) is 12.8 Å². The number of carboxylic acid groups (broad SMARTS) is 1. The molecular formula is C14H26O5. The molecule has 1 aliphatic rings. The van der Waals surface area contributed by atoms with Gasteiger partial charge in [0.15, 0.2) is 0 Å². The molecule has 1 fully saturated rings. The normalized spacial score (nSPS) is 28.5. The van der Waals surface area contributed by atoms with Crippen molar-refractivity contribution in [2.75, 3.05) is 0 Å². The van der Waals surface area contributed by atoms with E-state index in [-0.39, 0.29) is 18.6 Å². The first kappa shape index (κ1) is 16.4. The molecule has 0 aromatic rings. The lowest BCUT2D eigenvalue weighted by Crippen LogP contribution is -2.26. The van der Waals surface area contributed by atoms with Crippen LogP contribution in [0, 0.1) is 0 Å². The SMILES string of the molecule is CCCCC[C@@H](O)[C@H]1C[C@H](O)[C@@H](CCCC(=O)O)O1. The molecule has 1 heterocycles. The van der Waals surface area contributed by atoms with Crippen LogP contribution in [0.5, 0.6) is 0 Å². The zero-order chi connectivity index (χ0) is 14.3. The Balaban J connectivity index is 2.26. The van der Waals surface area contributed by atoms with Crippen LogP contribution in [0.4, 0.5) is 0 Å². The van der Waals surface area contributed by atoms with E-state index >= 15 is 0 Å². The summed E-state index contributed by atoms with van der Waals surface area (Å²) in [4.78, 5) is 10.4. The van der Waals surface area contributed by atoms with E-state index in [2.05, 4.69) is 6.92 Å². The van der Waals surface area contributed by atoms with Crippen LogP contribution in [-0.2, 0) is 9.53 Å². The first-order valence-corrected chi connectivity index (χ1v) is 7.28. The molecule has 0 amide bonds. The summed E-state index contributed by atoms with van der Waals surface area (Å²) in [6.07, 6.45) is 3.71. The van der Waals surface area contributed by atoms with Gasteiger partial charge in [0.05, 0.1) is 24.4 Å². The van der Waals surface area contributed by atoms with Crippen LogP contribution >= 0.6 is 0 Å². The minimum atomic E-state index is -0.830. The standard InChI is InChI=1S/C14H26O5/c1-2-3-4-6-10(15)13-9-11(16)12(19-13)7-5-8-14(17)18/h10-13,15-16H,2-9H2,1H3,(H,17,18)/t10-,11+,12-,13-/m1/s1. The third-order valence-corrected chi connectivity index (χ3v) is 3.66. The Morgan fingerprint density at radius 2 is 2.11 bits per heavy atom. The van der Waals surface area contributed by atoms with Gasteiger partial charge < -0.3 is 20.1 Å². The van der Waals surface area contributed by atoms with Gasteiger partial charge in [0.25, 0.3) is 0 Å². The summed E-state index contributed by atoms with van der Waals surface area (Å²) < 4.78 is 5.66. The molecule has 0 bridgehead atoms. The zero-order valence-electron chi connectivity index (χ0n) is 11.6. The van der Waals surface area contributed by atoms with Crippen LogP contribution in [0.25, 0.3) is 0 Å². The van der Waals surface area contributed by atoms with E-state index in [0.717, 1.165) is 19.3 Å². The van der Waals surface area contributed by atoms with E-state index in [1.807, 2.05) is 0 Å². The molecule has 0 aromatic carbocycles. The van der Waals surface area contributed by atoms with Crippen LogP contribution in [0.15, 0.2) is 0 Å². The van der Waals surface area contributed by atoms with Crippen LogP contribution in [0.3, 0.4) is 0 Å². The molecule has 0 saturated carbocycles. The number of carboxylic acids is 1. The second kappa shape index (κ2) is 8.51. The molecule has 0 spiro atoms. The lowest BCUT2D eigenvalue weighted by Gasteiger charge is -2.18. The molecular weight excluding hydrogens is 248 g/mol. The number of aliphatic hydroxyl groups is 2. The fraction of sp³-hybridized carbons (Fsp3) is 0.929. The topological polar surface area (TPSA) is 87.0 Å². The van der Waals surface area contributed by atoms with Gasteiger partial charge in [-0.15, -0.1) is 0 Å². The Morgan fingerprint density at radius 1 is 1.37 bits per heavy atom. The van der Waals surface area contributed by atoms with Crippen molar-refractivity contribution in [1.29, 1.82) is 0 Å². The van der Waals surface area contributed by atoms with Gasteiger partial charge in [-0.1, -0.05) is 26.2 Å². The number of rotatable bonds is 9. The molecule has 3 N–H and O–H groups in total. The highest BCUT2D eigenvalue weighted by atomic mass is 16.5. The molecule has 5 heteroatoms. The Morgan fingerprint density at radius 3 is 2.74 bits per heavy atom. The predicted molar refractivity (Wildman–Crippen MR) is 70.9 cm³/mol. The maximum Gasteiger partial charge on any atom is 0.303 e. The van der Waals surface area contributed by atoms with Crippen molar-refractivity contribution < 1.29 is 24.9 Å². The average Bonchev–Trinajstić information content (AvgIpc) is 2.71. The molecule has 5 nitrogen and oxygen atoms in total. The van der Waals surface area contributed by atoms with Gasteiger partial charge in [-0.3, -0.25) is 4.79 Å². The van der Waals surface area contributed by atoms with Crippen molar-refractivity contribution in [3.05, 3.63) is 0 Å². The van der Waals surface area contributed by atoms with Gasteiger partial charge in [0.2, 0.25) is 0 Å². The molecule has 1 saturated heterocycles. The Kier molecular flexibility index (Phi) is 7.34. The number of carbonyl (C=O) groups is 1. The number of unbranched alkanes of at least 4 members (excludes halogenated alkanes) is 2. The van der Waals surface area contributed by atoms with Gasteiger partial charge in [-0.2, -0.15) is 0 Å². The van der Waals surface area contributed by atoms with Crippen LogP contribution in [-0.4, -0.2) is 45.7 Å². The maximum atomic E-state index is 10.4. The largest absolute Gasteiger partial charge is 0.481 e. The van der Waals surface area contributed by atoms with Gasteiger partial charge in [-0.25, -0.2) is 0 Å². The van der Waals surface area contributed by atoms with E-state index in [1.165, 1.54) is 0 Å². The van der Waals surface area contributed by atoms with Crippen LogP contribution < -0.4 is 0 Å². The molecule has 19 heavy (non-hydrogen) atoms. The molecule has 112 valence electrons. The van der Waals surface area contributed by atoms with Gasteiger partial charge >= 0.3 is 5.97 Å². The quantitative estimate of drug-likeness (QED) is 0.557. The number of aliphatic hydroxyl groups excluding tert-OH is 2. The van der Waals surface area contributed by atoms with Crippen molar-refractivity contribution in [2.24, 2.45) is 0 Å². The fourth-order valence-electron chi connectivity index (χ4n) is 2.51. The summed E-state index contributed by atoms with van der Waals surface area (Å²) in [5, 5.41) is 28.4. The molecule has 0 unspecified atom stereocenters. The Labute approximate surface area is 114 Å². The van der Waals surface area contributed by atoms with E-state index in [4.69, 9.17) is 9.84 Å². The van der Waals surface area contributed by atoms with Crippen molar-refractivity contribution in [3.63, 3.8) is 0 Å². The summed E-state index contributed by atoms with van der Waals surface area (Å²) in [5.74, 6) is -0.830. The van der Waals surface area contributed by atoms with Gasteiger partial charge in [-0.05, 0) is 19.3 Å². The van der Waals surface area contributed by atoms with E-state index in [0.29, 0.717) is 25.7 Å². The number of ether oxygens (including phenoxy) is 1. The summed E-state index contributed by atoms with van der Waals surface area (Å²) in [5.41, 5.74) is 0. The summed E-state index contributed by atoms with van der Waals surface area (Å²) in [6.45, 7) is 2.11. The van der Waals surface area contributed by atoms with Crippen molar-refractivity contribution in [2.45, 2.75) is 82.7 Å². The second-order valence-electron chi connectivity index (χ2n) is 5.37. The van der Waals surface area contributed by atoms with E-state index in [1.54, 1.807) is 0 Å². The molecule has 0 radical (unpaired) electrons. The van der Waals surface area contributed by atoms with Gasteiger partial charge in [0.1, 0.15) is 0 Å². The number of hydrogen-bond acceptors (Lipinski definition) is 4. The first-order chi connectivity index (χ1) is 9.04. The Bertz CT molecular complexity index is 269. The predicted octanol–water partition coefficient (Wildman–Crippen LogP) is 1.70. The first-order valence-electron chi connectivity index (χ1n) is 7.28. The highest BCUT2D eigenvalue weighted by molar-refractivity contribution is 5.66. The highest BCUT2D eigenvalue weighted by Gasteiger charge is 2.36. The molecule has 0 aliphatic carbocycles. The third kappa shape index (κ3) is 5.89. The smallest absolute Gasteiger partial charge is 0.303 e. The molecule has 0 aromatic heterocycles. The lowest BCUT2D eigenvalue weighted by molar-refractivity contribution is -0.137. The summed E-state index contributed by atoms with van der Waals surface area (Å²) in [7, 11) is 0. The van der Waals surface area contributed by atoms with Crippen LogP contribution in [0.1, 0.15) is 58.3 Å². The second-order valence-corrected chi connectivity index (χ2v) is 5.37. The monoisotopic (exact) mass is 274 g/mol.